The highest BCUT2D eigenvalue weighted by molar-refractivity contribution is 6.14. The van der Waals surface area contributed by atoms with E-state index in [1.807, 2.05) is 17.8 Å². The van der Waals surface area contributed by atoms with Gasteiger partial charge in [-0.2, -0.15) is 0 Å². The topological polar surface area (TPSA) is 17.8 Å². The van der Waals surface area contributed by atoms with Gasteiger partial charge in [-0.1, -0.05) is 60.7 Å². The summed E-state index contributed by atoms with van der Waals surface area (Å²) in [6.45, 7) is 0. The maximum atomic E-state index is 3.78. The van der Waals surface area contributed by atoms with E-state index in [0.29, 0.717) is 5.82 Å². The zero-order valence-corrected chi connectivity index (χ0v) is 12.0. The Bertz CT molecular complexity index is 552. The van der Waals surface area contributed by atoms with Gasteiger partial charge in [-0.3, -0.25) is 0 Å². The molecule has 0 atom stereocenters. The van der Waals surface area contributed by atoms with Crippen LogP contribution in [-0.4, -0.2) is 17.4 Å². The summed E-state index contributed by atoms with van der Waals surface area (Å²) in [5.74, 6) is 0.484. The largest absolute Gasteiger partial charge is 0.341 e. The van der Waals surface area contributed by atoms with Gasteiger partial charge in [0, 0.05) is 19.4 Å². The van der Waals surface area contributed by atoms with Crippen LogP contribution in [0, 0.1) is 0 Å². The summed E-state index contributed by atoms with van der Waals surface area (Å²) < 4.78 is 1.89. The van der Waals surface area contributed by atoms with E-state index >= 15 is 0 Å². The molecular formula is C17H19BN2. The van der Waals surface area contributed by atoms with Crippen LogP contribution in [-0.2, 0) is 7.05 Å². The number of rotatable bonds is 2. The summed E-state index contributed by atoms with van der Waals surface area (Å²) in [6.07, 6.45) is 5.39. The van der Waals surface area contributed by atoms with E-state index in [4.69, 9.17) is 0 Å². The van der Waals surface area contributed by atoms with Crippen molar-refractivity contribution in [2.75, 3.05) is 0 Å². The van der Waals surface area contributed by atoms with Crippen LogP contribution in [0.25, 0.3) is 0 Å². The molecule has 1 aromatic heterocycles. The molecule has 1 heterocycles. The van der Waals surface area contributed by atoms with Crippen LogP contribution in [0.4, 0.5) is 0 Å². The summed E-state index contributed by atoms with van der Waals surface area (Å²) in [5, 5.41) is 0. The van der Waals surface area contributed by atoms with Crippen molar-refractivity contribution in [3.05, 3.63) is 90.5 Å². The highest BCUT2D eigenvalue weighted by Gasteiger charge is 2.05. The first-order valence-electron chi connectivity index (χ1n) is 6.79. The Morgan fingerprint density at radius 1 is 0.900 bits per heavy atom. The Kier molecular flexibility index (Phi) is 5.19. The first-order valence-corrected chi connectivity index (χ1v) is 6.79. The van der Waals surface area contributed by atoms with Gasteiger partial charge in [-0.15, -0.1) is 0 Å². The molecule has 0 amide bonds. The van der Waals surface area contributed by atoms with Crippen molar-refractivity contribution < 1.29 is 0 Å². The fraction of sp³-hybridized carbons (Fsp3) is 0.118. The van der Waals surface area contributed by atoms with E-state index < -0.39 is 0 Å². The van der Waals surface area contributed by atoms with Crippen LogP contribution in [0.3, 0.4) is 0 Å². The van der Waals surface area contributed by atoms with E-state index in [0.717, 1.165) is 0 Å². The summed E-state index contributed by atoms with van der Waals surface area (Å²) in [7, 11) is 4.18. The Labute approximate surface area is 121 Å². The summed E-state index contributed by atoms with van der Waals surface area (Å²) in [5.41, 5.74) is 2.75. The third-order valence-corrected chi connectivity index (χ3v) is 3.24. The molecule has 0 aliphatic carbocycles. The molecule has 100 valence electrons. The Morgan fingerprint density at radius 2 is 1.40 bits per heavy atom. The summed E-state index contributed by atoms with van der Waals surface area (Å²) in [6, 6.07) is 21.2. The fourth-order valence-electron chi connectivity index (χ4n) is 2.00. The second-order valence-electron chi connectivity index (χ2n) is 4.77. The minimum absolute atomic E-state index is 0.484. The molecule has 2 nitrogen and oxygen atoms in total. The normalized spacial score (nSPS) is 9.90. The molecular weight excluding hydrogens is 243 g/mol. The van der Waals surface area contributed by atoms with Gasteiger partial charge in [0.15, 0.2) is 0 Å². The van der Waals surface area contributed by atoms with Crippen LogP contribution in [0.1, 0.15) is 16.9 Å². The highest BCUT2D eigenvalue weighted by Crippen LogP contribution is 2.20. The van der Waals surface area contributed by atoms with E-state index in [-0.39, 0.29) is 0 Å². The average Bonchev–Trinajstić information content (AvgIpc) is 3.00. The van der Waals surface area contributed by atoms with Gasteiger partial charge in [0.25, 0.3) is 0 Å². The van der Waals surface area contributed by atoms with Crippen LogP contribution >= 0.6 is 0 Å². The van der Waals surface area contributed by atoms with Gasteiger partial charge in [0.1, 0.15) is 7.85 Å². The molecule has 0 radical (unpaired) electrons. The lowest BCUT2D eigenvalue weighted by molar-refractivity contribution is 0.913. The molecule has 0 aliphatic heterocycles. The Hall–Kier alpha value is -2.29. The van der Waals surface area contributed by atoms with Crippen LogP contribution < -0.4 is 0 Å². The molecule has 0 spiro atoms. The molecule has 0 saturated heterocycles. The van der Waals surface area contributed by atoms with E-state index in [9.17, 15) is 0 Å². The number of benzene rings is 2. The van der Waals surface area contributed by atoms with Gasteiger partial charge >= 0.3 is 0 Å². The number of imidazole rings is 1. The minimum Gasteiger partial charge on any atom is -0.341 e. The van der Waals surface area contributed by atoms with E-state index in [1.54, 1.807) is 12.5 Å². The van der Waals surface area contributed by atoms with Crippen LogP contribution in [0.5, 0.6) is 0 Å². The second-order valence-corrected chi connectivity index (χ2v) is 4.77. The molecule has 3 rings (SSSR count). The van der Waals surface area contributed by atoms with Crippen molar-refractivity contribution in [1.29, 1.82) is 0 Å². The molecule has 0 aliphatic rings. The lowest BCUT2D eigenvalue weighted by Gasteiger charge is -2.11. The van der Waals surface area contributed by atoms with E-state index in [2.05, 4.69) is 73.5 Å². The number of aromatic nitrogens is 2. The first-order chi connectivity index (χ1) is 9.77. The maximum absolute atomic E-state index is 3.78. The molecule has 3 heteroatoms. The van der Waals surface area contributed by atoms with Crippen molar-refractivity contribution in [2.45, 2.75) is 5.82 Å². The highest BCUT2D eigenvalue weighted by atomic mass is 15.0. The summed E-state index contributed by atoms with van der Waals surface area (Å²) in [4.78, 5) is 3.78. The van der Waals surface area contributed by atoms with Gasteiger partial charge in [-0.05, 0) is 16.9 Å². The van der Waals surface area contributed by atoms with E-state index in [1.165, 1.54) is 11.1 Å². The zero-order chi connectivity index (χ0) is 14.2. The predicted molar refractivity (Wildman–Crippen MR) is 86.5 cm³/mol. The predicted octanol–water partition coefficient (Wildman–Crippen LogP) is 2.83. The van der Waals surface area contributed by atoms with Gasteiger partial charge in [-0.25, -0.2) is 4.98 Å². The molecule has 0 N–H and O–H groups in total. The van der Waals surface area contributed by atoms with Crippen molar-refractivity contribution >= 4 is 7.85 Å². The Morgan fingerprint density at radius 3 is 1.70 bits per heavy atom. The molecule has 0 bridgehead atoms. The number of hydrogen-bond acceptors (Lipinski definition) is 1. The molecule has 0 fully saturated rings. The lowest BCUT2D eigenvalue weighted by atomic mass is 9.76. The number of nitrogens with zero attached hydrogens (tertiary/aromatic N) is 2. The van der Waals surface area contributed by atoms with Crippen molar-refractivity contribution in [3.8, 4) is 0 Å². The zero-order valence-electron chi connectivity index (χ0n) is 12.0. The first kappa shape index (κ1) is 14.1. The number of aryl methyl sites for hydroxylation is 1. The van der Waals surface area contributed by atoms with Gasteiger partial charge in [0.05, 0.1) is 6.33 Å². The molecule has 20 heavy (non-hydrogen) atoms. The average molecular weight is 262 g/mol. The standard InChI is InChI=1S/C13H13B.C4H6N2/c14-13(11-7-3-1-4-8-11)12-9-5-2-6-10-12;1-6-3-2-5-4-6/h1-10,13H,14H2;2-4H,1H3. The summed E-state index contributed by atoms with van der Waals surface area (Å²) >= 11 is 0. The third-order valence-electron chi connectivity index (χ3n) is 3.24. The van der Waals surface area contributed by atoms with Crippen LogP contribution in [0.2, 0.25) is 0 Å². The number of hydrogen-bond donors (Lipinski definition) is 0. The smallest absolute Gasteiger partial charge is 0.116 e. The van der Waals surface area contributed by atoms with Crippen LogP contribution in [0.15, 0.2) is 79.4 Å². The maximum Gasteiger partial charge on any atom is 0.116 e. The second kappa shape index (κ2) is 7.34. The Balaban J connectivity index is 0.000000205. The monoisotopic (exact) mass is 262 g/mol. The van der Waals surface area contributed by atoms with Gasteiger partial charge in [0.2, 0.25) is 0 Å². The molecule has 0 unspecified atom stereocenters. The molecule has 3 aromatic rings. The van der Waals surface area contributed by atoms with Crippen molar-refractivity contribution in [2.24, 2.45) is 7.05 Å². The van der Waals surface area contributed by atoms with Crippen molar-refractivity contribution in [3.63, 3.8) is 0 Å². The molecule has 2 aromatic carbocycles. The minimum atomic E-state index is 0.484. The lowest BCUT2D eigenvalue weighted by Crippen LogP contribution is -1.99. The van der Waals surface area contributed by atoms with Gasteiger partial charge < -0.3 is 4.57 Å². The van der Waals surface area contributed by atoms with Crippen molar-refractivity contribution in [1.82, 2.24) is 9.55 Å². The third kappa shape index (κ3) is 4.13. The SMILES string of the molecule is BC(c1ccccc1)c1ccccc1.Cn1ccnc1. The fourth-order valence-corrected chi connectivity index (χ4v) is 2.00. The molecule has 0 saturated carbocycles. The quantitative estimate of drug-likeness (QED) is 0.649.